The average molecular weight is 226 g/mol. The Morgan fingerprint density at radius 2 is 1.88 bits per heavy atom. The summed E-state index contributed by atoms with van der Waals surface area (Å²) in [4.78, 5) is 15.5. The van der Waals surface area contributed by atoms with Gasteiger partial charge in [-0.2, -0.15) is 0 Å². The summed E-state index contributed by atoms with van der Waals surface area (Å²) in [6, 6.07) is 0. The van der Waals surface area contributed by atoms with Crippen molar-refractivity contribution in [3.63, 3.8) is 0 Å². The van der Waals surface area contributed by atoms with Crippen LogP contribution in [0.1, 0.15) is 33.1 Å². The SMILES string of the molecule is CC(C)CC1CCN(CC(=O)N(C)C)CC1. The van der Waals surface area contributed by atoms with E-state index < -0.39 is 0 Å². The number of hydrogen-bond donors (Lipinski definition) is 0. The van der Waals surface area contributed by atoms with Crippen LogP contribution in [-0.4, -0.2) is 49.4 Å². The van der Waals surface area contributed by atoms with Gasteiger partial charge in [-0.15, -0.1) is 0 Å². The molecule has 1 rings (SSSR count). The number of hydrogen-bond acceptors (Lipinski definition) is 2. The van der Waals surface area contributed by atoms with Gasteiger partial charge in [0.05, 0.1) is 6.54 Å². The van der Waals surface area contributed by atoms with E-state index in [1.165, 1.54) is 19.3 Å². The summed E-state index contributed by atoms with van der Waals surface area (Å²) in [6.45, 7) is 7.37. The lowest BCUT2D eigenvalue weighted by molar-refractivity contribution is -0.130. The standard InChI is InChI=1S/C13H26N2O/c1-11(2)9-12-5-7-15(8-6-12)10-13(16)14(3)4/h11-12H,5-10H2,1-4H3. The van der Waals surface area contributed by atoms with Crippen LogP contribution >= 0.6 is 0 Å². The molecule has 3 heteroatoms. The number of piperidine rings is 1. The van der Waals surface area contributed by atoms with Crippen molar-refractivity contribution < 1.29 is 4.79 Å². The van der Waals surface area contributed by atoms with Crippen LogP contribution in [0.4, 0.5) is 0 Å². The quantitative estimate of drug-likeness (QED) is 0.730. The van der Waals surface area contributed by atoms with Crippen molar-refractivity contribution in [1.29, 1.82) is 0 Å². The van der Waals surface area contributed by atoms with Crippen LogP contribution in [-0.2, 0) is 4.79 Å². The highest BCUT2D eigenvalue weighted by Crippen LogP contribution is 2.23. The molecule has 0 aromatic heterocycles. The highest BCUT2D eigenvalue weighted by molar-refractivity contribution is 5.77. The molecule has 3 nitrogen and oxygen atoms in total. The highest BCUT2D eigenvalue weighted by Gasteiger charge is 2.21. The molecule has 0 unspecified atom stereocenters. The molecule has 1 aliphatic heterocycles. The molecular formula is C13H26N2O. The topological polar surface area (TPSA) is 23.6 Å². The van der Waals surface area contributed by atoms with Crippen LogP contribution in [0.2, 0.25) is 0 Å². The van der Waals surface area contributed by atoms with E-state index in [0.717, 1.165) is 24.9 Å². The van der Waals surface area contributed by atoms with Crippen LogP contribution in [0, 0.1) is 11.8 Å². The van der Waals surface area contributed by atoms with E-state index in [1.54, 1.807) is 4.90 Å². The van der Waals surface area contributed by atoms with E-state index in [2.05, 4.69) is 18.7 Å². The van der Waals surface area contributed by atoms with Crippen LogP contribution in [0.15, 0.2) is 0 Å². The van der Waals surface area contributed by atoms with E-state index in [0.29, 0.717) is 6.54 Å². The van der Waals surface area contributed by atoms with Gasteiger partial charge in [0, 0.05) is 14.1 Å². The summed E-state index contributed by atoms with van der Waals surface area (Å²) in [5.74, 6) is 1.91. The first kappa shape index (κ1) is 13.5. The Morgan fingerprint density at radius 3 is 2.31 bits per heavy atom. The Kier molecular flexibility index (Phi) is 5.26. The van der Waals surface area contributed by atoms with Crippen molar-refractivity contribution in [2.24, 2.45) is 11.8 Å². The van der Waals surface area contributed by atoms with Gasteiger partial charge in [0.2, 0.25) is 5.91 Å². The maximum atomic E-state index is 11.6. The minimum absolute atomic E-state index is 0.224. The fourth-order valence-electron chi connectivity index (χ4n) is 2.38. The van der Waals surface area contributed by atoms with E-state index in [4.69, 9.17) is 0 Å². The van der Waals surface area contributed by atoms with Gasteiger partial charge in [0.25, 0.3) is 0 Å². The minimum Gasteiger partial charge on any atom is -0.348 e. The number of nitrogens with zero attached hydrogens (tertiary/aromatic N) is 2. The van der Waals surface area contributed by atoms with Gasteiger partial charge in [0.1, 0.15) is 0 Å². The van der Waals surface area contributed by atoms with Gasteiger partial charge in [-0.1, -0.05) is 13.8 Å². The lowest BCUT2D eigenvalue weighted by Crippen LogP contribution is -2.41. The number of likely N-dealkylation sites (N-methyl/N-ethyl adjacent to an activating group) is 1. The van der Waals surface area contributed by atoms with Gasteiger partial charge in [-0.3, -0.25) is 9.69 Å². The first-order valence-corrected chi connectivity index (χ1v) is 6.41. The number of rotatable bonds is 4. The molecule has 16 heavy (non-hydrogen) atoms. The summed E-state index contributed by atoms with van der Waals surface area (Å²) in [6.07, 6.45) is 3.87. The summed E-state index contributed by atoms with van der Waals surface area (Å²) < 4.78 is 0. The maximum absolute atomic E-state index is 11.6. The Bertz CT molecular complexity index is 218. The molecule has 94 valence electrons. The predicted molar refractivity (Wildman–Crippen MR) is 67.3 cm³/mol. The maximum Gasteiger partial charge on any atom is 0.236 e. The third-order valence-electron chi connectivity index (χ3n) is 3.37. The second kappa shape index (κ2) is 6.24. The highest BCUT2D eigenvalue weighted by atomic mass is 16.2. The lowest BCUT2D eigenvalue weighted by atomic mass is 9.89. The zero-order chi connectivity index (χ0) is 12.1. The van der Waals surface area contributed by atoms with Gasteiger partial charge in [0.15, 0.2) is 0 Å². The number of amides is 1. The van der Waals surface area contributed by atoms with E-state index in [9.17, 15) is 4.79 Å². The number of carbonyl (C=O) groups excluding carboxylic acids is 1. The summed E-state index contributed by atoms with van der Waals surface area (Å²) in [5, 5.41) is 0. The third-order valence-corrected chi connectivity index (χ3v) is 3.37. The molecule has 0 aromatic rings. The zero-order valence-corrected chi connectivity index (χ0v) is 11.2. The molecule has 1 amide bonds. The molecule has 0 bridgehead atoms. The van der Waals surface area contributed by atoms with E-state index in [1.807, 2.05) is 14.1 Å². The number of carbonyl (C=O) groups is 1. The van der Waals surface area contributed by atoms with Gasteiger partial charge in [-0.05, 0) is 44.2 Å². The van der Waals surface area contributed by atoms with Gasteiger partial charge in [-0.25, -0.2) is 0 Å². The first-order valence-electron chi connectivity index (χ1n) is 6.41. The fraction of sp³-hybridized carbons (Fsp3) is 0.923. The van der Waals surface area contributed by atoms with Crippen molar-refractivity contribution in [3.8, 4) is 0 Å². The first-order chi connectivity index (χ1) is 7.49. The third kappa shape index (κ3) is 4.52. The van der Waals surface area contributed by atoms with E-state index >= 15 is 0 Å². The largest absolute Gasteiger partial charge is 0.348 e. The molecule has 0 aliphatic carbocycles. The summed E-state index contributed by atoms with van der Waals surface area (Å²) in [5.41, 5.74) is 0. The Balaban J connectivity index is 2.24. The Morgan fingerprint density at radius 1 is 1.31 bits per heavy atom. The zero-order valence-electron chi connectivity index (χ0n) is 11.2. The second-order valence-electron chi connectivity index (χ2n) is 5.64. The lowest BCUT2D eigenvalue weighted by Gasteiger charge is -2.32. The smallest absolute Gasteiger partial charge is 0.236 e. The molecule has 1 aliphatic rings. The second-order valence-corrected chi connectivity index (χ2v) is 5.64. The summed E-state index contributed by atoms with van der Waals surface area (Å²) >= 11 is 0. The van der Waals surface area contributed by atoms with Crippen molar-refractivity contribution in [3.05, 3.63) is 0 Å². The van der Waals surface area contributed by atoms with Crippen LogP contribution < -0.4 is 0 Å². The molecule has 0 atom stereocenters. The molecule has 1 heterocycles. The molecule has 1 fully saturated rings. The molecule has 0 spiro atoms. The van der Waals surface area contributed by atoms with Gasteiger partial charge >= 0.3 is 0 Å². The van der Waals surface area contributed by atoms with Crippen molar-refractivity contribution >= 4 is 5.91 Å². The fourth-order valence-corrected chi connectivity index (χ4v) is 2.38. The molecule has 0 saturated carbocycles. The number of likely N-dealkylation sites (tertiary alicyclic amines) is 1. The van der Waals surface area contributed by atoms with Crippen LogP contribution in [0.3, 0.4) is 0 Å². The van der Waals surface area contributed by atoms with Crippen molar-refractivity contribution in [2.75, 3.05) is 33.7 Å². The molecule has 0 aromatic carbocycles. The summed E-state index contributed by atoms with van der Waals surface area (Å²) in [7, 11) is 3.65. The van der Waals surface area contributed by atoms with Crippen molar-refractivity contribution in [2.45, 2.75) is 33.1 Å². The van der Waals surface area contributed by atoms with Crippen molar-refractivity contribution in [1.82, 2.24) is 9.80 Å². The Labute approximate surface area is 99.8 Å². The average Bonchev–Trinajstić information content (AvgIpc) is 2.20. The molecule has 1 saturated heterocycles. The minimum atomic E-state index is 0.224. The predicted octanol–water partition coefficient (Wildman–Crippen LogP) is 1.83. The van der Waals surface area contributed by atoms with Crippen LogP contribution in [0.25, 0.3) is 0 Å². The Hall–Kier alpha value is -0.570. The molecular weight excluding hydrogens is 200 g/mol. The molecule has 0 radical (unpaired) electrons. The van der Waals surface area contributed by atoms with Crippen LogP contribution in [0.5, 0.6) is 0 Å². The molecule has 0 N–H and O–H groups in total. The normalized spacial score (nSPS) is 19.1. The van der Waals surface area contributed by atoms with Gasteiger partial charge < -0.3 is 4.90 Å². The van der Waals surface area contributed by atoms with E-state index in [-0.39, 0.29) is 5.91 Å². The monoisotopic (exact) mass is 226 g/mol.